The molecule has 3 N–H and O–H groups in total. The normalized spacial score (nSPS) is 15.0. The van der Waals surface area contributed by atoms with Gasteiger partial charge in [-0.15, -0.1) is 0 Å². The van der Waals surface area contributed by atoms with E-state index in [4.69, 9.17) is 32.4 Å². The minimum absolute atomic E-state index is 0.0274. The van der Waals surface area contributed by atoms with Crippen molar-refractivity contribution < 1.29 is 18.7 Å². The van der Waals surface area contributed by atoms with E-state index in [9.17, 15) is 14.9 Å². The number of hydrogen-bond acceptors (Lipinski definition) is 7. The average Bonchev–Trinajstić information content (AvgIpc) is 3.43. The zero-order valence-corrected chi connectivity index (χ0v) is 22.6. The van der Waals surface area contributed by atoms with Gasteiger partial charge in [-0.1, -0.05) is 35.0 Å². The molecule has 0 fully saturated rings. The zero-order chi connectivity index (χ0) is 27.2. The Morgan fingerprint density at radius 2 is 1.92 bits per heavy atom. The number of methoxy groups -OCH3 is 1. The second kappa shape index (κ2) is 12.1. The molecule has 2 heterocycles. The van der Waals surface area contributed by atoms with Gasteiger partial charge >= 0.3 is 0 Å². The fourth-order valence-corrected chi connectivity index (χ4v) is 5.20. The first-order chi connectivity index (χ1) is 18.3. The molecule has 0 aliphatic carbocycles. The molecule has 194 valence electrons. The van der Waals surface area contributed by atoms with Crippen molar-refractivity contribution in [2.45, 2.75) is 12.8 Å². The van der Waals surface area contributed by atoms with E-state index in [0.717, 1.165) is 11.8 Å². The number of dihydropyridines is 1. The van der Waals surface area contributed by atoms with Crippen molar-refractivity contribution in [3.05, 3.63) is 98.5 Å². The Balaban J connectivity index is 1.56. The number of hydrogen-bond donors (Lipinski definition) is 3. The first kappa shape index (κ1) is 27.2. The summed E-state index contributed by atoms with van der Waals surface area (Å²) in [6, 6.07) is 17.3. The highest BCUT2D eigenvalue weighted by Gasteiger charge is 2.36. The number of anilines is 2. The Labute approximate surface area is 233 Å². The molecule has 1 atom stereocenters. The van der Waals surface area contributed by atoms with Gasteiger partial charge in [0.25, 0.3) is 5.91 Å². The number of rotatable bonds is 8. The number of carbonyl (C=O) groups excluding carboxylic acids is 2. The number of allylic oxidation sites excluding steroid dienone is 2. The summed E-state index contributed by atoms with van der Waals surface area (Å²) < 4.78 is 10.8. The van der Waals surface area contributed by atoms with Crippen LogP contribution in [0.2, 0.25) is 10.0 Å². The van der Waals surface area contributed by atoms with Crippen molar-refractivity contribution in [3.8, 4) is 11.8 Å². The predicted molar refractivity (Wildman–Crippen MR) is 149 cm³/mol. The van der Waals surface area contributed by atoms with Crippen molar-refractivity contribution in [3.63, 3.8) is 0 Å². The number of ether oxygens (including phenoxy) is 1. The Morgan fingerprint density at radius 3 is 2.55 bits per heavy atom. The van der Waals surface area contributed by atoms with Crippen molar-refractivity contribution in [2.75, 3.05) is 23.5 Å². The molecular formula is C27H22Cl2N4O4S. The molecule has 0 radical (unpaired) electrons. The molecular weight excluding hydrogens is 547 g/mol. The number of thioether (sulfide) groups is 1. The molecule has 1 aliphatic rings. The lowest BCUT2D eigenvalue weighted by molar-refractivity contribution is -0.114. The number of benzene rings is 2. The number of nitrogens with one attached hydrogen (secondary N) is 3. The summed E-state index contributed by atoms with van der Waals surface area (Å²) in [5, 5.41) is 20.0. The predicted octanol–water partition coefficient (Wildman–Crippen LogP) is 6.30. The van der Waals surface area contributed by atoms with E-state index >= 15 is 0 Å². The van der Waals surface area contributed by atoms with Crippen molar-refractivity contribution in [2.24, 2.45) is 0 Å². The first-order valence-corrected chi connectivity index (χ1v) is 13.0. The lowest BCUT2D eigenvalue weighted by Gasteiger charge is -2.28. The Hall–Kier alpha value is -3.84. The number of nitriles is 1. The van der Waals surface area contributed by atoms with Gasteiger partial charge in [0.05, 0.1) is 58.0 Å². The molecule has 2 aromatic carbocycles. The van der Waals surface area contributed by atoms with Crippen LogP contribution in [0, 0.1) is 11.3 Å². The third kappa shape index (κ3) is 6.17. The van der Waals surface area contributed by atoms with Gasteiger partial charge in [-0.2, -0.15) is 5.26 Å². The molecule has 11 heteroatoms. The fraction of sp³-hybridized carbons (Fsp3) is 0.148. The smallest absolute Gasteiger partial charge is 0.254 e. The Morgan fingerprint density at radius 1 is 1.16 bits per heavy atom. The van der Waals surface area contributed by atoms with E-state index in [1.165, 1.54) is 12.3 Å². The summed E-state index contributed by atoms with van der Waals surface area (Å²) in [6.45, 7) is 1.72. The van der Waals surface area contributed by atoms with Crippen molar-refractivity contribution in [1.29, 1.82) is 5.26 Å². The number of carbonyl (C=O) groups is 2. The molecule has 3 aromatic rings. The minimum atomic E-state index is -0.797. The van der Waals surface area contributed by atoms with E-state index in [1.807, 2.05) is 0 Å². The quantitative estimate of drug-likeness (QED) is 0.292. The lowest BCUT2D eigenvalue weighted by Crippen LogP contribution is -2.31. The van der Waals surface area contributed by atoms with Crippen molar-refractivity contribution >= 4 is 58.2 Å². The maximum absolute atomic E-state index is 13.4. The van der Waals surface area contributed by atoms with Crippen LogP contribution < -0.4 is 20.7 Å². The minimum Gasteiger partial charge on any atom is -0.497 e. The molecule has 0 bridgehead atoms. The fourth-order valence-electron chi connectivity index (χ4n) is 3.86. The monoisotopic (exact) mass is 568 g/mol. The number of nitrogens with zero attached hydrogens (tertiary/aromatic N) is 1. The molecule has 0 saturated carbocycles. The average molecular weight is 569 g/mol. The van der Waals surface area contributed by atoms with Crippen LogP contribution in [0.3, 0.4) is 0 Å². The molecule has 0 unspecified atom stereocenters. The van der Waals surface area contributed by atoms with Crippen LogP contribution in [0.4, 0.5) is 11.4 Å². The van der Waals surface area contributed by atoms with Gasteiger partial charge in [0.1, 0.15) is 11.5 Å². The van der Waals surface area contributed by atoms with Gasteiger partial charge in [-0.3, -0.25) is 9.59 Å². The van der Waals surface area contributed by atoms with Crippen LogP contribution in [-0.4, -0.2) is 24.7 Å². The maximum Gasteiger partial charge on any atom is 0.254 e. The van der Waals surface area contributed by atoms with Crippen LogP contribution >= 0.6 is 35.0 Å². The molecule has 8 nitrogen and oxygen atoms in total. The van der Waals surface area contributed by atoms with Crippen LogP contribution in [0.5, 0.6) is 5.75 Å². The molecule has 0 spiro atoms. The van der Waals surface area contributed by atoms with Gasteiger partial charge in [0.15, 0.2) is 0 Å². The summed E-state index contributed by atoms with van der Waals surface area (Å²) in [4.78, 5) is 26.1. The van der Waals surface area contributed by atoms with E-state index in [-0.39, 0.29) is 27.8 Å². The summed E-state index contributed by atoms with van der Waals surface area (Å²) in [7, 11) is 1.57. The van der Waals surface area contributed by atoms with Gasteiger partial charge in [0.2, 0.25) is 5.91 Å². The number of amides is 2. The van der Waals surface area contributed by atoms with E-state index < -0.39 is 11.8 Å². The number of furan rings is 1. The Kier molecular flexibility index (Phi) is 8.69. The second-order valence-electron chi connectivity index (χ2n) is 8.11. The highest BCUT2D eigenvalue weighted by molar-refractivity contribution is 8.03. The molecule has 4 rings (SSSR count). The molecule has 0 saturated heterocycles. The van der Waals surface area contributed by atoms with E-state index in [1.54, 1.807) is 62.6 Å². The SMILES string of the molecule is COc1ccc(NC(=O)CSC2=C(C#N)[C@@H](c3ccco3)C(C(=O)Nc3ccc(Cl)cc3Cl)=C(C)N2)cc1. The van der Waals surface area contributed by atoms with Crippen LogP contribution in [0.1, 0.15) is 18.6 Å². The second-order valence-corrected chi connectivity index (χ2v) is 9.94. The van der Waals surface area contributed by atoms with Crippen LogP contribution in [0.15, 0.2) is 87.1 Å². The Bertz CT molecular complexity index is 1460. The molecule has 1 aromatic heterocycles. The third-order valence-electron chi connectivity index (χ3n) is 5.62. The molecule has 38 heavy (non-hydrogen) atoms. The van der Waals surface area contributed by atoms with Gasteiger partial charge in [0, 0.05) is 16.4 Å². The largest absolute Gasteiger partial charge is 0.497 e. The highest BCUT2D eigenvalue weighted by atomic mass is 35.5. The van der Waals surface area contributed by atoms with Crippen LogP contribution in [0.25, 0.3) is 0 Å². The lowest BCUT2D eigenvalue weighted by atomic mass is 9.85. The summed E-state index contributed by atoms with van der Waals surface area (Å²) in [6.07, 6.45) is 1.47. The van der Waals surface area contributed by atoms with E-state index in [2.05, 4.69) is 22.0 Å². The molecule has 1 aliphatic heterocycles. The van der Waals surface area contributed by atoms with Gasteiger partial charge in [-0.05, 0) is 61.5 Å². The summed E-state index contributed by atoms with van der Waals surface area (Å²) in [5.41, 5.74) is 2.03. The summed E-state index contributed by atoms with van der Waals surface area (Å²) in [5.74, 6) is -0.403. The van der Waals surface area contributed by atoms with Crippen LogP contribution in [-0.2, 0) is 9.59 Å². The van der Waals surface area contributed by atoms with Crippen molar-refractivity contribution in [1.82, 2.24) is 5.32 Å². The molecule has 2 amide bonds. The third-order valence-corrected chi connectivity index (χ3v) is 7.19. The van der Waals surface area contributed by atoms with E-state index in [0.29, 0.717) is 38.6 Å². The first-order valence-electron chi connectivity index (χ1n) is 11.3. The summed E-state index contributed by atoms with van der Waals surface area (Å²) >= 11 is 13.4. The number of halogens is 2. The standard InChI is InChI=1S/C27H22Cl2N4O4S/c1-15-24(26(35)33-21-10-5-16(28)12-20(21)29)25(22-4-3-11-37-22)19(13-30)27(31-15)38-14-23(34)32-17-6-8-18(36-2)9-7-17/h3-12,25,31H,14H2,1-2H3,(H,32,34)(H,33,35)/t25-/m0/s1. The van der Waals surface area contributed by atoms with Gasteiger partial charge < -0.3 is 25.1 Å². The topological polar surface area (TPSA) is 116 Å². The maximum atomic E-state index is 13.4. The zero-order valence-electron chi connectivity index (χ0n) is 20.3. The van der Waals surface area contributed by atoms with Gasteiger partial charge in [-0.25, -0.2) is 0 Å². The highest BCUT2D eigenvalue weighted by Crippen LogP contribution is 2.41.